The van der Waals surface area contributed by atoms with Crippen molar-refractivity contribution in [3.8, 4) is 0 Å². The maximum Gasteiger partial charge on any atom is 0.338 e. The Bertz CT molecular complexity index is 1010. The van der Waals surface area contributed by atoms with Crippen LogP contribution in [0.4, 0.5) is 11.4 Å². The van der Waals surface area contributed by atoms with E-state index in [4.69, 9.17) is 9.47 Å². The van der Waals surface area contributed by atoms with Gasteiger partial charge in [-0.3, -0.25) is 14.4 Å². The van der Waals surface area contributed by atoms with Gasteiger partial charge < -0.3 is 20.1 Å². The molecular weight excluding hydrogens is 440 g/mol. The average Bonchev–Trinajstić information content (AvgIpc) is 3.74. The number of Topliss-reactive ketones (excluding diaryl/α,β-unsaturated/α-hetero) is 1. The van der Waals surface area contributed by atoms with Crippen molar-refractivity contribution in [3.05, 3.63) is 59.7 Å². The molecule has 0 radical (unpaired) electrons. The van der Waals surface area contributed by atoms with Gasteiger partial charge in [0.15, 0.2) is 13.2 Å². The quantitative estimate of drug-likeness (QED) is 0.518. The second-order valence-corrected chi connectivity index (χ2v) is 8.37. The third-order valence-electron chi connectivity index (χ3n) is 5.40. The van der Waals surface area contributed by atoms with E-state index >= 15 is 0 Å². The zero-order valence-electron chi connectivity index (χ0n) is 18.4. The van der Waals surface area contributed by atoms with Crippen molar-refractivity contribution >= 4 is 40.9 Å². The van der Waals surface area contributed by atoms with Gasteiger partial charge in [0.25, 0.3) is 0 Å². The molecule has 9 heteroatoms. The molecule has 0 bridgehead atoms. The van der Waals surface area contributed by atoms with Crippen molar-refractivity contribution in [2.75, 3.05) is 23.8 Å². The molecule has 2 amide bonds. The van der Waals surface area contributed by atoms with Crippen molar-refractivity contribution in [1.29, 1.82) is 0 Å². The van der Waals surface area contributed by atoms with E-state index in [1.807, 2.05) is 0 Å². The van der Waals surface area contributed by atoms with Gasteiger partial charge in [-0.2, -0.15) is 0 Å². The van der Waals surface area contributed by atoms with Crippen LogP contribution in [0.25, 0.3) is 0 Å². The molecule has 0 aromatic heterocycles. The molecule has 2 saturated carbocycles. The van der Waals surface area contributed by atoms with Gasteiger partial charge in [0, 0.05) is 23.2 Å². The number of carbonyl (C=O) groups excluding carboxylic acids is 5. The van der Waals surface area contributed by atoms with Gasteiger partial charge in [-0.25, -0.2) is 9.59 Å². The van der Waals surface area contributed by atoms with Crippen LogP contribution < -0.4 is 10.6 Å². The third-order valence-corrected chi connectivity index (χ3v) is 5.40. The molecule has 0 aliphatic heterocycles. The number of esters is 2. The molecule has 2 fully saturated rings. The van der Waals surface area contributed by atoms with Crippen molar-refractivity contribution < 1.29 is 33.4 Å². The van der Waals surface area contributed by atoms with Crippen molar-refractivity contribution in [2.24, 2.45) is 11.8 Å². The van der Waals surface area contributed by atoms with E-state index < -0.39 is 30.9 Å². The zero-order chi connectivity index (χ0) is 24.1. The van der Waals surface area contributed by atoms with E-state index in [9.17, 15) is 24.0 Å². The van der Waals surface area contributed by atoms with Crippen LogP contribution in [0.2, 0.25) is 0 Å². The van der Waals surface area contributed by atoms with E-state index in [-0.39, 0.29) is 34.8 Å². The summed E-state index contributed by atoms with van der Waals surface area (Å²) in [4.78, 5) is 59.7. The Kier molecular flexibility index (Phi) is 7.01. The number of amides is 2. The molecular formula is C25H24N2O7. The summed E-state index contributed by atoms with van der Waals surface area (Å²) < 4.78 is 9.93. The molecule has 2 N–H and O–H groups in total. The van der Waals surface area contributed by atoms with Crippen molar-refractivity contribution in [1.82, 2.24) is 0 Å². The Labute approximate surface area is 195 Å². The standard InChI is InChI=1S/C25H24N2O7/c28-21(13-33-24(31)17-5-9-19(10-6-17)26-22(29)15-1-2-15)14-34-25(32)18-7-11-20(12-8-18)27-23(30)16-3-4-16/h5-12,15-16H,1-4,13-14H2,(H,26,29)(H,27,30). The highest BCUT2D eigenvalue weighted by atomic mass is 16.6. The molecule has 0 spiro atoms. The molecule has 0 atom stereocenters. The minimum absolute atomic E-state index is 0.0354. The second kappa shape index (κ2) is 10.3. The summed E-state index contributed by atoms with van der Waals surface area (Å²) in [6, 6.07) is 12.3. The summed E-state index contributed by atoms with van der Waals surface area (Å²) in [5.41, 5.74) is 1.61. The number of rotatable bonds is 10. The smallest absolute Gasteiger partial charge is 0.338 e. The average molecular weight is 464 g/mol. The van der Waals surface area contributed by atoms with Crippen LogP contribution in [0, 0.1) is 11.8 Å². The number of anilines is 2. The Morgan fingerprint density at radius 2 is 0.971 bits per heavy atom. The van der Waals surface area contributed by atoms with E-state index in [0.29, 0.717) is 11.4 Å². The van der Waals surface area contributed by atoms with Crippen LogP contribution in [0.5, 0.6) is 0 Å². The summed E-state index contributed by atoms with van der Waals surface area (Å²) in [5.74, 6) is -1.92. The van der Waals surface area contributed by atoms with E-state index in [2.05, 4.69) is 10.6 Å². The van der Waals surface area contributed by atoms with E-state index in [1.165, 1.54) is 24.3 Å². The Hall–Kier alpha value is -4.01. The highest BCUT2D eigenvalue weighted by Crippen LogP contribution is 2.30. The van der Waals surface area contributed by atoms with Gasteiger partial charge in [0.05, 0.1) is 11.1 Å². The molecule has 0 unspecified atom stereocenters. The number of benzene rings is 2. The van der Waals surface area contributed by atoms with Gasteiger partial charge in [0.2, 0.25) is 17.6 Å². The first-order chi connectivity index (χ1) is 16.4. The number of hydrogen-bond acceptors (Lipinski definition) is 7. The number of ketones is 1. The van der Waals surface area contributed by atoms with Crippen LogP contribution in [-0.2, 0) is 23.9 Å². The predicted molar refractivity (Wildman–Crippen MR) is 121 cm³/mol. The zero-order valence-corrected chi connectivity index (χ0v) is 18.4. The topological polar surface area (TPSA) is 128 Å². The lowest BCUT2D eigenvalue weighted by molar-refractivity contribution is -0.125. The van der Waals surface area contributed by atoms with Crippen molar-refractivity contribution in [3.63, 3.8) is 0 Å². The maximum absolute atomic E-state index is 12.1. The van der Waals surface area contributed by atoms with Crippen molar-refractivity contribution in [2.45, 2.75) is 25.7 Å². The van der Waals surface area contributed by atoms with E-state index in [1.54, 1.807) is 24.3 Å². The molecule has 4 rings (SSSR count). The normalized spacial score (nSPS) is 14.6. The minimum atomic E-state index is -0.705. The van der Waals surface area contributed by atoms with Crippen LogP contribution in [-0.4, -0.2) is 42.7 Å². The molecule has 2 aromatic carbocycles. The van der Waals surface area contributed by atoms with Gasteiger partial charge >= 0.3 is 11.9 Å². The summed E-state index contributed by atoms with van der Waals surface area (Å²) >= 11 is 0. The highest BCUT2D eigenvalue weighted by molar-refractivity contribution is 5.97. The third kappa shape index (κ3) is 6.50. The number of ether oxygens (including phenoxy) is 2. The Morgan fingerprint density at radius 1 is 0.618 bits per heavy atom. The van der Waals surface area contributed by atoms with Crippen LogP contribution >= 0.6 is 0 Å². The highest BCUT2D eigenvalue weighted by Gasteiger charge is 2.30. The molecule has 2 aromatic rings. The summed E-state index contributed by atoms with van der Waals surface area (Å²) in [6.45, 7) is -1.09. The maximum atomic E-state index is 12.1. The molecule has 176 valence electrons. The summed E-state index contributed by atoms with van der Waals surface area (Å²) in [5, 5.41) is 5.53. The van der Waals surface area contributed by atoms with Gasteiger partial charge in [-0.1, -0.05) is 0 Å². The fourth-order valence-corrected chi connectivity index (χ4v) is 3.06. The Morgan fingerprint density at radius 3 is 1.29 bits per heavy atom. The number of hydrogen-bond donors (Lipinski definition) is 2. The second-order valence-electron chi connectivity index (χ2n) is 8.37. The minimum Gasteiger partial charge on any atom is -0.454 e. The first kappa shape index (κ1) is 23.2. The van der Waals surface area contributed by atoms with Gasteiger partial charge in [0.1, 0.15) is 0 Å². The molecule has 2 aliphatic carbocycles. The first-order valence-corrected chi connectivity index (χ1v) is 11.1. The van der Waals surface area contributed by atoms with Gasteiger partial charge in [-0.05, 0) is 74.2 Å². The number of nitrogens with one attached hydrogen (secondary N) is 2. The molecule has 0 saturated heterocycles. The monoisotopic (exact) mass is 464 g/mol. The van der Waals surface area contributed by atoms with E-state index in [0.717, 1.165) is 25.7 Å². The SMILES string of the molecule is O=C(COC(=O)c1ccc(NC(=O)C2CC2)cc1)COC(=O)c1ccc(NC(=O)C2CC2)cc1. The molecule has 2 aliphatic rings. The summed E-state index contributed by atoms with van der Waals surface area (Å²) in [6.07, 6.45) is 3.58. The van der Waals surface area contributed by atoms with Crippen LogP contribution in [0.3, 0.4) is 0 Å². The lowest BCUT2D eigenvalue weighted by atomic mass is 10.2. The van der Waals surface area contributed by atoms with Crippen LogP contribution in [0.1, 0.15) is 46.4 Å². The fourth-order valence-electron chi connectivity index (χ4n) is 3.06. The molecule has 0 heterocycles. The molecule has 9 nitrogen and oxygen atoms in total. The Balaban J connectivity index is 1.17. The lowest BCUT2D eigenvalue weighted by Gasteiger charge is -2.08. The lowest BCUT2D eigenvalue weighted by Crippen LogP contribution is -2.20. The first-order valence-electron chi connectivity index (χ1n) is 11.1. The molecule has 34 heavy (non-hydrogen) atoms. The van der Waals surface area contributed by atoms with Gasteiger partial charge in [-0.15, -0.1) is 0 Å². The fraction of sp³-hybridized carbons (Fsp3) is 0.320. The summed E-state index contributed by atoms with van der Waals surface area (Å²) in [7, 11) is 0. The van der Waals surface area contributed by atoms with Crippen LogP contribution in [0.15, 0.2) is 48.5 Å². The number of carbonyl (C=O) groups is 5. The predicted octanol–water partition coefficient (Wildman–Crippen LogP) is 2.97. The largest absolute Gasteiger partial charge is 0.454 e.